The molecule has 4 heteroatoms. The third-order valence-electron chi connectivity index (χ3n) is 4.21. The van der Waals surface area contributed by atoms with Gasteiger partial charge in [-0.2, -0.15) is 0 Å². The van der Waals surface area contributed by atoms with Crippen LogP contribution < -0.4 is 9.47 Å². The Hall–Kier alpha value is -2.07. The average molecular weight is 315 g/mol. The summed E-state index contributed by atoms with van der Waals surface area (Å²) in [4.78, 5) is 2.43. The number of likely N-dealkylation sites (tertiary alicyclic amines) is 1. The summed E-state index contributed by atoms with van der Waals surface area (Å²) in [6, 6.07) is 12.8. The van der Waals surface area contributed by atoms with E-state index in [-0.39, 0.29) is 11.6 Å². The normalized spacial score (nSPS) is 14.9. The van der Waals surface area contributed by atoms with Crippen LogP contribution in [0.25, 0.3) is 11.1 Å². The van der Waals surface area contributed by atoms with E-state index in [1.54, 1.807) is 6.07 Å². The number of nitrogens with zero attached hydrogens (tertiary/aromatic N) is 1. The van der Waals surface area contributed by atoms with Gasteiger partial charge in [-0.25, -0.2) is 4.39 Å². The SMILES string of the molecule is COc1ccc(-c2ccc(OCCN3CCCC3)cc2)cc1F. The molecule has 0 bridgehead atoms. The molecule has 0 radical (unpaired) electrons. The maximum atomic E-state index is 13.8. The number of ether oxygens (including phenoxy) is 2. The zero-order chi connectivity index (χ0) is 16.1. The predicted molar refractivity (Wildman–Crippen MR) is 89.6 cm³/mol. The lowest BCUT2D eigenvalue weighted by Crippen LogP contribution is -2.25. The lowest BCUT2D eigenvalue weighted by atomic mass is 10.1. The molecule has 0 amide bonds. The van der Waals surface area contributed by atoms with Gasteiger partial charge < -0.3 is 9.47 Å². The largest absolute Gasteiger partial charge is 0.494 e. The van der Waals surface area contributed by atoms with Crippen LogP contribution in [0.1, 0.15) is 12.8 Å². The van der Waals surface area contributed by atoms with Crippen LogP contribution in [-0.4, -0.2) is 38.3 Å². The van der Waals surface area contributed by atoms with Crippen molar-refractivity contribution in [2.24, 2.45) is 0 Å². The van der Waals surface area contributed by atoms with Gasteiger partial charge in [0.15, 0.2) is 11.6 Å². The molecule has 3 rings (SSSR count). The Morgan fingerprint density at radius 2 is 1.70 bits per heavy atom. The van der Waals surface area contributed by atoms with Crippen LogP contribution >= 0.6 is 0 Å². The summed E-state index contributed by atoms with van der Waals surface area (Å²) in [5.41, 5.74) is 1.78. The molecule has 2 aromatic rings. The number of benzene rings is 2. The van der Waals surface area contributed by atoms with Gasteiger partial charge in [0.05, 0.1) is 7.11 Å². The minimum absolute atomic E-state index is 0.260. The second-order valence-electron chi connectivity index (χ2n) is 5.77. The minimum atomic E-state index is -0.351. The van der Waals surface area contributed by atoms with Crippen LogP contribution in [0, 0.1) is 5.82 Å². The fourth-order valence-electron chi connectivity index (χ4n) is 2.89. The van der Waals surface area contributed by atoms with Crippen LogP contribution in [0.2, 0.25) is 0 Å². The van der Waals surface area contributed by atoms with Crippen LogP contribution in [0.5, 0.6) is 11.5 Å². The van der Waals surface area contributed by atoms with Gasteiger partial charge >= 0.3 is 0 Å². The van der Waals surface area contributed by atoms with Crippen molar-refractivity contribution in [2.75, 3.05) is 33.4 Å². The van der Waals surface area contributed by atoms with Crippen molar-refractivity contribution in [3.8, 4) is 22.6 Å². The summed E-state index contributed by atoms with van der Waals surface area (Å²) in [6.45, 7) is 4.05. The summed E-state index contributed by atoms with van der Waals surface area (Å²) >= 11 is 0. The van der Waals surface area contributed by atoms with Gasteiger partial charge in [-0.3, -0.25) is 4.90 Å². The van der Waals surface area contributed by atoms with E-state index in [2.05, 4.69) is 4.90 Å². The lowest BCUT2D eigenvalue weighted by Gasteiger charge is -2.15. The molecule has 1 saturated heterocycles. The smallest absolute Gasteiger partial charge is 0.165 e. The Morgan fingerprint density at radius 1 is 1.00 bits per heavy atom. The fraction of sp³-hybridized carbons (Fsp3) is 0.368. The van der Waals surface area contributed by atoms with E-state index >= 15 is 0 Å². The van der Waals surface area contributed by atoms with E-state index in [0.717, 1.165) is 23.4 Å². The number of methoxy groups -OCH3 is 1. The Labute approximate surface area is 136 Å². The van der Waals surface area contributed by atoms with Crippen molar-refractivity contribution >= 4 is 0 Å². The number of rotatable bonds is 6. The van der Waals surface area contributed by atoms with Crippen LogP contribution in [0.15, 0.2) is 42.5 Å². The third kappa shape index (κ3) is 4.02. The quantitative estimate of drug-likeness (QED) is 0.805. The topological polar surface area (TPSA) is 21.7 Å². The summed E-state index contributed by atoms with van der Waals surface area (Å²) < 4.78 is 24.5. The first-order chi connectivity index (χ1) is 11.3. The van der Waals surface area contributed by atoms with E-state index in [1.165, 1.54) is 39.1 Å². The first-order valence-electron chi connectivity index (χ1n) is 8.05. The summed E-state index contributed by atoms with van der Waals surface area (Å²) in [6.07, 6.45) is 2.60. The molecule has 1 fully saturated rings. The predicted octanol–water partition coefficient (Wildman–Crippen LogP) is 3.98. The Bertz CT molecular complexity index is 636. The fourth-order valence-corrected chi connectivity index (χ4v) is 2.89. The van der Waals surface area contributed by atoms with Crippen molar-refractivity contribution in [3.63, 3.8) is 0 Å². The highest BCUT2D eigenvalue weighted by atomic mass is 19.1. The Kier molecular flexibility index (Phi) is 5.13. The highest BCUT2D eigenvalue weighted by Gasteiger charge is 2.11. The van der Waals surface area contributed by atoms with Gasteiger partial charge in [-0.1, -0.05) is 18.2 Å². The lowest BCUT2D eigenvalue weighted by molar-refractivity contribution is 0.238. The van der Waals surface area contributed by atoms with Crippen molar-refractivity contribution in [2.45, 2.75) is 12.8 Å². The third-order valence-corrected chi connectivity index (χ3v) is 4.21. The molecule has 1 aliphatic heterocycles. The molecule has 0 saturated carbocycles. The van der Waals surface area contributed by atoms with Gasteiger partial charge in [0, 0.05) is 6.54 Å². The van der Waals surface area contributed by atoms with Crippen molar-refractivity contribution in [3.05, 3.63) is 48.3 Å². The molecule has 1 heterocycles. The molecule has 1 aliphatic rings. The van der Waals surface area contributed by atoms with E-state index < -0.39 is 0 Å². The Balaban J connectivity index is 1.59. The van der Waals surface area contributed by atoms with Crippen molar-refractivity contribution in [1.29, 1.82) is 0 Å². The molecule has 2 aromatic carbocycles. The molecular weight excluding hydrogens is 293 g/mol. The zero-order valence-corrected chi connectivity index (χ0v) is 13.4. The minimum Gasteiger partial charge on any atom is -0.494 e. The Morgan fingerprint density at radius 3 is 2.35 bits per heavy atom. The molecule has 0 aliphatic carbocycles. The highest BCUT2D eigenvalue weighted by molar-refractivity contribution is 5.65. The highest BCUT2D eigenvalue weighted by Crippen LogP contribution is 2.27. The van der Waals surface area contributed by atoms with Crippen LogP contribution in [-0.2, 0) is 0 Å². The van der Waals surface area contributed by atoms with Gasteiger partial charge in [0.25, 0.3) is 0 Å². The second kappa shape index (κ2) is 7.47. The number of hydrogen-bond acceptors (Lipinski definition) is 3. The summed E-state index contributed by atoms with van der Waals surface area (Å²) in [5.74, 6) is 0.758. The van der Waals surface area contributed by atoms with Gasteiger partial charge in [0.1, 0.15) is 12.4 Å². The van der Waals surface area contributed by atoms with E-state index in [4.69, 9.17) is 9.47 Å². The molecule has 0 unspecified atom stereocenters. The molecule has 23 heavy (non-hydrogen) atoms. The first-order valence-corrected chi connectivity index (χ1v) is 8.05. The molecule has 0 spiro atoms. The summed E-state index contributed by atoms with van der Waals surface area (Å²) in [5, 5.41) is 0. The zero-order valence-electron chi connectivity index (χ0n) is 13.4. The maximum Gasteiger partial charge on any atom is 0.165 e. The van der Waals surface area contributed by atoms with E-state index in [1.807, 2.05) is 30.3 Å². The second-order valence-corrected chi connectivity index (χ2v) is 5.77. The monoisotopic (exact) mass is 315 g/mol. The summed E-state index contributed by atoms with van der Waals surface area (Å²) in [7, 11) is 1.46. The van der Waals surface area contributed by atoms with Crippen LogP contribution in [0.4, 0.5) is 4.39 Å². The first kappa shape index (κ1) is 15.8. The number of halogens is 1. The standard InChI is InChI=1S/C19H22FNO2/c1-22-19-9-6-16(14-18(19)20)15-4-7-17(8-5-15)23-13-12-21-10-2-3-11-21/h4-9,14H,2-3,10-13H2,1H3. The molecule has 122 valence electrons. The van der Waals surface area contributed by atoms with Gasteiger partial charge in [-0.15, -0.1) is 0 Å². The molecule has 0 N–H and O–H groups in total. The molecule has 3 nitrogen and oxygen atoms in total. The van der Waals surface area contributed by atoms with E-state index in [9.17, 15) is 4.39 Å². The molecule has 0 atom stereocenters. The van der Waals surface area contributed by atoms with Crippen LogP contribution in [0.3, 0.4) is 0 Å². The van der Waals surface area contributed by atoms with Gasteiger partial charge in [-0.05, 0) is 61.3 Å². The molecule has 0 aromatic heterocycles. The van der Waals surface area contributed by atoms with Crippen molar-refractivity contribution in [1.82, 2.24) is 4.90 Å². The number of hydrogen-bond donors (Lipinski definition) is 0. The average Bonchev–Trinajstić information content (AvgIpc) is 3.09. The van der Waals surface area contributed by atoms with Crippen molar-refractivity contribution < 1.29 is 13.9 Å². The maximum absolute atomic E-state index is 13.8. The molecular formula is C19H22FNO2. The van der Waals surface area contributed by atoms with E-state index in [0.29, 0.717) is 6.61 Å². The van der Waals surface area contributed by atoms with Gasteiger partial charge in [0.2, 0.25) is 0 Å².